The molecule has 2 nitrogen and oxygen atoms in total. The minimum Gasteiger partial charge on any atom is -0.396 e. The van der Waals surface area contributed by atoms with Crippen LogP contribution in [0.2, 0.25) is 0 Å². The lowest BCUT2D eigenvalue weighted by atomic mass is 9.77. The standard InChI is InChI=1S/C20H26O2/c1-3-15-9-5-7-11-18(15)20(17(13-21)14-22)19-12-8-6-10-16(19)4-2/h5-12,17,20-22H,3-4,13-14H2,1-2H3. The molecule has 2 N–H and O–H groups in total. The van der Waals surface area contributed by atoms with Gasteiger partial charge in [0.2, 0.25) is 0 Å². The monoisotopic (exact) mass is 298 g/mol. The van der Waals surface area contributed by atoms with Crippen molar-refractivity contribution in [2.24, 2.45) is 5.92 Å². The van der Waals surface area contributed by atoms with E-state index in [1.807, 2.05) is 12.1 Å². The minimum absolute atomic E-state index is 0.0166. The molecule has 0 amide bonds. The first-order valence-electron chi connectivity index (χ1n) is 8.14. The van der Waals surface area contributed by atoms with E-state index in [1.165, 1.54) is 22.3 Å². The molecule has 0 aromatic heterocycles. The number of aliphatic hydroxyl groups is 2. The zero-order chi connectivity index (χ0) is 15.9. The molecule has 0 aliphatic heterocycles. The van der Waals surface area contributed by atoms with Crippen molar-refractivity contribution in [1.82, 2.24) is 0 Å². The second-order valence-electron chi connectivity index (χ2n) is 5.71. The zero-order valence-electron chi connectivity index (χ0n) is 13.5. The SMILES string of the molecule is CCc1ccccc1C(c1ccccc1CC)C(CO)CO. The van der Waals surface area contributed by atoms with Crippen molar-refractivity contribution < 1.29 is 10.2 Å². The van der Waals surface area contributed by atoms with Gasteiger partial charge < -0.3 is 10.2 Å². The number of rotatable bonds is 7. The fourth-order valence-electron chi connectivity index (χ4n) is 3.26. The van der Waals surface area contributed by atoms with Crippen LogP contribution in [0, 0.1) is 5.92 Å². The van der Waals surface area contributed by atoms with Gasteiger partial charge in [0.25, 0.3) is 0 Å². The molecule has 0 aliphatic carbocycles. The van der Waals surface area contributed by atoms with Gasteiger partial charge in [0, 0.05) is 25.0 Å². The Morgan fingerprint density at radius 3 is 1.50 bits per heavy atom. The Balaban J connectivity index is 2.61. The van der Waals surface area contributed by atoms with Gasteiger partial charge in [-0.1, -0.05) is 62.4 Å². The number of aliphatic hydroxyl groups excluding tert-OH is 2. The van der Waals surface area contributed by atoms with Crippen molar-refractivity contribution in [3.05, 3.63) is 70.8 Å². The highest BCUT2D eigenvalue weighted by molar-refractivity contribution is 5.42. The van der Waals surface area contributed by atoms with Gasteiger partial charge in [-0.2, -0.15) is 0 Å². The smallest absolute Gasteiger partial charge is 0.0490 e. The fraction of sp³-hybridized carbons (Fsp3) is 0.400. The van der Waals surface area contributed by atoms with Crippen LogP contribution in [0.25, 0.3) is 0 Å². The second-order valence-corrected chi connectivity index (χ2v) is 5.71. The predicted molar refractivity (Wildman–Crippen MR) is 91.1 cm³/mol. The molecule has 0 bridgehead atoms. The van der Waals surface area contributed by atoms with E-state index in [0.29, 0.717) is 0 Å². The minimum atomic E-state index is -0.180. The maximum absolute atomic E-state index is 9.79. The third-order valence-electron chi connectivity index (χ3n) is 4.48. The number of hydrogen-bond acceptors (Lipinski definition) is 2. The van der Waals surface area contributed by atoms with Crippen molar-refractivity contribution in [3.8, 4) is 0 Å². The highest BCUT2D eigenvalue weighted by Gasteiger charge is 2.27. The third kappa shape index (κ3) is 3.40. The Hall–Kier alpha value is -1.64. The first-order valence-corrected chi connectivity index (χ1v) is 8.14. The number of aryl methyl sites for hydroxylation is 2. The van der Waals surface area contributed by atoms with Crippen molar-refractivity contribution >= 4 is 0 Å². The molecule has 2 heteroatoms. The van der Waals surface area contributed by atoms with E-state index in [-0.39, 0.29) is 25.0 Å². The van der Waals surface area contributed by atoms with Gasteiger partial charge in [-0.25, -0.2) is 0 Å². The maximum Gasteiger partial charge on any atom is 0.0490 e. The Kier molecular flexibility index (Phi) is 6.17. The first-order chi connectivity index (χ1) is 10.8. The van der Waals surface area contributed by atoms with Gasteiger partial charge in [0.05, 0.1) is 0 Å². The van der Waals surface area contributed by atoms with Crippen LogP contribution in [0.4, 0.5) is 0 Å². The number of hydrogen-bond donors (Lipinski definition) is 2. The first kappa shape index (κ1) is 16.7. The van der Waals surface area contributed by atoms with E-state index in [0.717, 1.165) is 12.8 Å². The molecule has 0 saturated carbocycles. The Bertz CT molecular complexity index is 540. The number of benzene rings is 2. The molecule has 2 aromatic rings. The molecule has 0 aliphatic rings. The summed E-state index contributed by atoms with van der Waals surface area (Å²) < 4.78 is 0. The summed E-state index contributed by atoms with van der Waals surface area (Å²) in [6, 6.07) is 16.7. The highest BCUT2D eigenvalue weighted by atomic mass is 16.3. The van der Waals surface area contributed by atoms with E-state index in [1.54, 1.807) is 0 Å². The predicted octanol–water partition coefficient (Wildman–Crippen LogP) is 3.54. The second kappa shape index (κ2) is 8.11. The van der Waals surface area contributed by atoms with Gasteiger partial charge in [-0.15, -0.1) is 0 Å². The molecule has 0 heterocycles. The van der Waals surface area contributed by atoms with E-state index in [4.69, 9.17) is 0 Å². The lowest BCUT2D eigenvalue weighted by Gasteiger charge is -2.29. The van der Waals surface area contributed by atoms with E-state index in [9.17, 15) is 10.2 Å². The van der Waals surface area contributed by atoms with Crippen LogP contribution in [0.1, 0.15) is 42.0 Å². The summed E-state index contributed by atoms with van der Waals surface area (Å²) in [7, 11) is 0. The molecule has 0 atom stereocenters. The van der Waals surface area contributed by atoms with Crippen LogP contribution < -0.4 is 0 Å². The molecule has 0 radical (unpaired) electrons. The molecular formula is C20H26O2. The van der Waals surface area contributed by atoms with Crippen molar-refractivity contribution in [3.63, 3.8) is 0 Å². The Morgan fingerprint density at radius 2 is 1.14 bits per heavy atom. The summed E-state index contributed by atoms with van der Waals surface area (Å²) in [6.45, 7) is 4.26. The van der Waals surface area contributed by atoms with Crippen LogP contribution in [-0.2, 0) is 12.8 Å². The lowest BCUT2D eigenvalue weighted by Crippen LogP contribution is -2.23. The van der Waals surface area contributed by atoms with Gasteiger partial charge in [-0.3, -0.25) is 0 Å². The van der Waals surface area contributed by atoms with Gasteiger partial charge in [0.15, 0.2) is 0 Å². The van der Waals surface area contributed by atoms with Gasteiger partial charge in [-0.05, 0) is 35.1 Å². The van der Waals surface area contributed by atoms with Gasteiger partial charge in [0.1, 0.15) is 0 Å². The van der Waals surface area contributed by atoms with Crippen molar-refractivity contribution in [2.45, 2.75) is 32.6 Å². The molecule has 0 fully saturated rings. The zero-order valence-corrected chi connectivity index (χ0v) is 13.5. The molecule has 118 valence electrons. The molecule has 2 aromatic carbocycles. The van der Waals surface area contributed by atoms with Crippen LogP contribution in [0.3, 0.4) is 0 Å². The summed E-state index contributed by atoms with van der Waals surface area (Å²) in [5.41, 5.74) is 5.01. The quantitative estimate of drug-likeness (QED) is 0.821. The third-order valence-corrected chi connectivity index (χ3v) is 4.48. The summed E-state index contributed by atoms with van der Waals surface area (Å²) in [6.07, 6.45) is 1.90. The van der Waals surface area contributed by atoms with E-state index >= 15 is 0 Å². The Morgan fingerprint density at radius 1 is 0.727 bits per heavy atom. The normalized spacial score (nSPS) is 11.4. The molecule has 0 unspecified atom stereocenters. The molecular weight excluding hydrogens is 272 g/mol. The summed E-state index contributed by atoms with van der Waals surface area (Å²) in [5.74, 6) is -0.150. The Labute approximate surface area is 133 Å². The molecule has 2 rings (SSSR count). The van der Waals surface area contributed by atoms with E-state index < -0.39 is 0 Å². The van der Waals surface area contributed by atoms with Gasteiger partial charge >= 0.3 is 0 Å². The molecule has 0 saturated heterocycles. The average molecular weight is 298 g/mol. The van der Waals surface area contributed by atoms with E-state index in [2.05, 4.69) is 50.2 Å². The van der Waals surface area contributed by atoms with Crippen LogP contribution in [-0.4, -0.2) is 23.4 Å². The highest BCUT2D eigenvalue weighted by Crippen LogP contribution is 2.36. The fourth-order valence-corrected chi connectivity index (χ4v) is 3.26. The summed E-state index contributed by atoms with van der Waals surface area (Å²) >= 11 is 0. The lowest BCUT2D eigenvalue weighted by molar-refractivity contribution is 0.138. The maximum atomic E-state index is 9.79. The summed E-state index contributed by atoms with van der Waals surface area (Å²) in [5, 5.41) is 19.6. The topological polar surface area (TPSA) is 40.5 Å². The average Bonchev–Trinajstić information content (AvgIpc) is 2.59. The largest absolute Gasteiger partial charge is 0.396 e. The van der Waals surface area contributed by atoms with Crippen LogP contribution in [0.5, 0.6) is 0 Å². The van der Waals surface area contributed by atoms with Crippen molar-refractivity contribution in [1.29, 1.82) is 0 Å². The molecule has 22 heavy (non-hydrogen) atoms. The summed E-state index contributed by atoms with van der Waals surface area (Å²) in [4.78, 5) is 0. The van der Waals surface area contributed by atoms with Crippen LogP contribution >= 0.6 is 0 Å². The molecule has 0 spiro atoms. The van der Waals surface area contributed by atoms with Crippen molar-refractivity contribution in [2.75, 3.05) is 13.2 Å². The van der Waals surface area contributed by atoms with Crippen LogP contribution in [0.15, 0.2) is 48.5 Å².